The molecule has 1 amide bonds. The molecular weight excluding hydrogens is 445 g/mol. The van der Waals surface area contributed by atoms with Gasteiger partial charge in [0.05, 0.1) is 6.54 Å². The monoisotopic (exact) mass is 483 g/mol. The molecule has 1 unspecified atom stereocenters. The third-order valence-corrected chi connectivity index (χ3v) is 3.92. The SMILES string of the molecule is CCNC(=NCC(C1CC1)N(C)C)NCCCNC(=O)OC(C)(C)C.I. The van der Waals surface area contributed by atoms with Crippen molar-refractivity contribution in [3.05, 3.63) is 0 Å². The molecule has 154 valence electrons. The number of halogens is 1. The summed E-state index contributed by atoms with van der Waals surface area (Å²) in [7, 11) is 4.25. The third kappa shape index (κ3) is 11.8. The number of alkyl carbamates (subject to hydrolysis) is 1. The van der Waals surface area contributed by atoms with Crippen LogP contribution in [-0.2, 0) is 4.74 Å². The number of rotatable bonds is 9. The van der Waals surface area contributed by atoms with Crippen molar-refractivity contribution in [3.8, 4) is 0 Å². The van der Waals surface area contributed by atoms with Gasteiger partial charge in [-0.3, -0.25) is 4.99 Å². The van der Waals surface area contributed by atoms with Gasteiger partial charge in [-0.05, 0) is 67.0 Å². The standard InChI is InChI=1S/C18H37N5O2.HI/c1-7-19-16(22-13-15(23(5)6)14-9-10-14)20-11-8-12-21-17(24)25-18(2,3)4;/h14-15H,7-13H2,1-6H3,(H,21,24)(H2,19,20,22);1H. The summed E-state index contributed by atoms with van der Waals surface area (Å²) in [5.74, 6) is 1.63. The maximum atomic E-state index is 11.6. The second-order valence-electron chi connectivity index (χ2n) is 7.80. The minimum atomic E-state index is -0.461. The number of carbonyl (C=O) groups excluding carboxylic acids is 1. The Kier molecular flexibility index (Phi) is 12.2. The summed E-state index contributed by atoms with van der Waals surface area (Å²) in [6, 6.07) is 0.518. The summed E-state index contributed by atoms with van der Waals surface area (Å²) in [6.45, 7) is 10.6. The molecule has 3 N–H and O–H groups in total. The Morgan fingerprint density at radius 2 is 1.81 bits per heavy atom. The van der Waals surface area contributed by atoms with Gasteiger partial charge in [0.25, 0.3) is 0 Å². The topological polar surface area (TPSA) is 78.0 Å². The molecule has 1 aliphatic rings. The smallest absolute Gasteiger partial charge is 0.407 e. The quantitative estimate of drug-likeness (QED) is 0.203. The van der Waals surface area contributed by atoms with Gasteiger partial charge in [-0.15, -0.1) is 24.0 Å². The van der Waals surface area contributed by atoms with Crippen molar-refractivity contribution in [2.75, 3.05) is 40.3 Å². The normalized spacial score (nSPS) is 15.9. The van der Waals surface area contributed by atoms with Gasteiger partial charge < -0.3 is 25.6 Å². The lowest BCUT2D eigenvalue weighted by Gasteiger charge is -2.23. The molecule has 0 bridgehead atoms. The van der Waals surface area contributed by atoms with Crippen LogP contribution in [0.4, 0.5) is 4.79 Å². The molecule has 0 saturated heterocycles. The lowest BCUT2D eigenvalue weighted by molar-refractivity contribution is 0.0527. The number of ether oxygens (including phenoxy) is 1. The summed E-state index contributed by atoms with van der Waals surface area (Å²) in [5.41, 5.74) is -0.461. The number of hydrogen-bond donors (Lipinski definition) is 3. The maximum absolute atomic E-state index is 11.6. The van der Waals surface area contributed by atoms with Crippen LogP contribution >= 0.6 is 24.0 Å². The van der Waals surface area contributed by atoms with Crippen LogP contribution in [0.1, 0.15) is 47.0 Å². The second kappa shape index (κ2) is 12.6. The van der Waals surface area contributed by atoms with Crippen molar-refractivity contribution < 1.29 is 9.53 Å². The van der Waals surface area contributed by atoms with E-state index in [1.807, 2.05) is 20.8 Å². The number of carbonyl (C=O) groups is 1. The van der Waals surface area contributed by atoms with Crippen molar-refractivity contribution in [2.24, 2.45) is 10.9 Å². The van der Waals surface area contributed by atoms with E-state index in [0.29, 0.717) is 12.6 Å². The minimum absolute atomic E-state index is 0. The first-order valence-corrected chi connectivity index (χ1v) is 9.38. The molecule has 1 aliphatic carbocycles. The highest BCUT2D eigenvalue weighted by molar-refractivity contribution is 14.0. The second-order valence-corrected chi connectivity index (χ2v) is 7.80. The average Bonchev–Trinajstić information content (AvgIpc) is 3.29. The molecule has 0 aromatic rings. The van der Waals surface area contributed by atoms with Crippen LogP contribution in [0.15, 0.2) is 4.99 Å². The first kappa shape index (κ1) is 25.2. The number of hydrogen-bond acceptors (Lipinski definition) is 4. The molecule has 7 nitrogen and oxygen atoms in total. The van der Waals surface area contributed by atoms with E-state index in [-0.39, 0.29) is 30.1 Å². The van der Waals surface area contributed by atoms with Crippen LogP contribution in [0.5, 0.6) is 0 Å². The van der Waals surface area contributed by atoms with Crippen LogP contribution < -0.4 is 16.0 Å². The Labute approximate surface area is 176 Å². The van der Waals surface area contributed by atoms with Crippen LogP contribution in [0.2, 0.25) is 0 Å². The van der Waals surface area contributed by atoms with Gasteiger partial charge in [0.1, 0.15) is 5.60 Å². The Morgan fingerprint density at radius 3 is 2.31 bits per heavy atom. The lowest BCUT2D eigenvalue weighted by atomic mass is 10.2. The van der Waals surface area contributed by atoms with Crippen LogP contribution in [0.3, 0.4) is 0 Å². The zero-order valence-corrected chi connectivity index (χ0v) is 19.6. The fraction of sp³-hybridized carbons (Fsp3) is 0.889. The molecule has 0 radical (unpaired) electrons. The van der Waals surface area contributed by atoms with E-state index in [1.165, 1.54) is 12.8 Å². The van der Waals surface area contributed by atoms with Crippen molar-refractivity contribution in [2.45, 2.75) is 58.6 Å². The lowest BCUT2D eigenvalue weighted by Crippen LogP contribution is -2.41. The molecule has 0 aliphatic heterocycles. The minimum Gasteiger partial charge on any atom is -0.444 e. The fourth-order valence-electron chi connectivity index (χ4n) is 2.54. The molecule has 8 heteroatoms. The zero-order valence-electron chi connectivity index (χ0n) is 17.2. The van der Waals surface area contributed by atoms with E-state index >= 15 is 0 Å². The Balaban J connectivity index is 0.00000625. The predicted molar refractivity (Wildman–Crippen MR) is 118 cm³/mol. The van der Waals surface area contributed by atoms with Gasteiger partial charge in [0.15, 0.2) is 5.96 Å². The number of amides is 1. The molecule has 1 fully saturated rings. The molecule has 0 aromatic heterocycles. The van der Waals surface area contributed by atoms with Crippen LogP contribution in [0.25, 0.3) is 0 Å². The average molecular weight is 483 g/mol. The maximum Gasteiger partial charge on any atom is 0.407 e. The fourth-order valence-corrected chi connectivity index (χ4v) is 2.54. The highest BCUT2D eigenvalue weighted by atomic mass is 127. The zero-order chi connectivity index (χ0) is 18.9. The molecule has 0 heterocycles. The summed E-state index contributed by atoms with van der Waals surface area (Å²) >= 11 is 0. The van der Waals surface area contributed by atoms with Crippen molar-refractivity contribution in [3.63, 3.8) is 0 Å². The van der Waals surface area contributed by atoms with Crippen LogP contribution in [0, 0.1) is 5.92 Å². The van der Waals surface area contributed by atoms with Gasteiger partial charge >= 0.3 is 6.09 Å². The summed E-state index contributed by atoms with van der Waals surface area (Å²) in [5, 5.41) is 9.37. The highest BCUT2D eigenvalue weighted by Crippen LogP contribution is 2.34. The van der Waals surface area contributed by atoms with Crippen LogP contribution in [-0.4, -0.2) is 68.9 Å². The van der Waals surface area contributed by atoms with E-state index in [9.17, 15) is 4.79 Å². The number of nitrogens with one attached hydrogen (secondary N) is 3. The Bertz CT molecular complexity index is 432. The predicted octanol–water partition coefficient (Wildman–Crippen LogP) is 2.41. The Morgan fingerprint density at radius 1 is 1.19 bits per heavy atom. The van der Waals surface area contributed by atoms with Crippen molar-refractivity contribution in [1.29, 1.82) is 0 Å². The molecule has 26 heavy (non-hydrogen) atoms. The van der Waals surface area contributed by atoms with Gasteiger partial charge in [-0.25, -0.2) is 4.79 Å². The first-order chi connectivity index (χ1) is 11.7. The third-order valence-electron chi connectivity index (χ3n) is 3.92. The van der Waals surface area contributed by atoms with Crippen molar-refractivity contribution in [1.82, 2.24) is 20.9 Å². The van der Waals surface area contributed by atoms with E-state index in [0.717, 1.165) is 37.9 Å². The highest BCUT2D eigenvalue weighted by Gasteiger charge is 2.32. The molecule has 1 saturated carbocycles. The van der Waals surface area contributed by atoms with Gasteiger partial charge in [0.2, 0.25) is 0 Å². The van der Waals surface area contributed by atoms with E-state index in [4.69, 9.17) is 9.73 Å². The number of nitrogens with zero attached hydrogens (tertiary/aromatic N) is 2. The van der Waals surface area contributed by atoms with Gasteiger partial charge in [-0.1, -0.05) is 0 Å². The summed E-state index contributed by atoms with van der Waals surface area (Å²) in [6.07, 6.45) is 3.08. The molecule has 1 atom stereocenters. The van der Waals surface area contributed by atoms with E-state index in [2.05, 4.69) is 41.9 Å². The number of aliphatic imine (C=N–C) groups is 1. The van der Waals surface area contributed by atoms with Gasteiger partial charge in [0, 0.05) is 25.7 Å². The van der Waals surface area contributed by atoms with Crippen molar-refractivity contribution >= 4 is 36.0 Å². The van der Waals surface area contributed by atoms with E-state index in [1.54, 1.807) is 0 Å². The molecule has 0 spiro atoms. The number of likely N-dealkylation sites (N-methyl/N-ethyl adjacent to an activating group) is 1. The Hall–Kier alpha value is -0.770. The van der Waals surface area contributed by atoms with Gasteiger partial charge in [-0.2, -0.15) is 0 Å². The molecular formula is C18H38IN5O2. The number of guanidine groups is 1. The largest absolute Gasteiger partial charge is 0.444 e. The van der Waals surface area contributed by atoms with E-state index < -0.39 is 5.60 Å². The summed E-state index contributed by atoms with van der Waals surface area (Å²) in [4.78, 5) is 18.6. The first-order valence-electron chi connectivity index (χ1n) is 9.38. The molecule has 0 aromatic carbocycles. The summed E-state index contributed by atoms with van der Waals surface area (Å²) < 4.78 is 5.21. The molecule has 1 rings (SSSR count).